The highest BCUT2D eigenvalue weighted by Crippen LogP contribution is 2.20. The first-order chi connectivity index (χ1) is 14.0. The Morgan fingerprint density at radius 2 is 1.59 bits per heavy atom. The molecule has 3 aromatic rings. The third-order valence-corrected chi connectivity index (χ3v) is 4.43. The molecule has 0 unspecified atom stereocenters. The summed E-state index contributed by atoms with van der Waals surface area (Å²) in [6, 6.07) is 16.7. The summed E-state index contributed by atoms with van der Waals surface area (Å²) in [4.78, 5) is 24.8. The van der Waals surface area contributed by atoms with Crippen molar-refractivity contribution >= 4 is 46.9 Å². The summed E-state index contributed by atoms with van der Waals surface area (Å²) >= 11 is 11.9. The number of hydrogen-bond donors (Lipinski definition) is 2. The molecule has 0 radical (unpaired) electrons. The zero-order valence-corrected chi connectivity index (χ0v) is 16.3. The number of halogens is 3. The molecule has 146 valence electrons. The predicted octanol–water partition coefficient (Wildman–Crippen LogP) is 5.15. The monoisotopic (exact) mass is 429 g/mol. The quantitative estimate of drug-likeness (QED) is 0.434. The lowest BCUT2D eigenvalue weighted by molar-refractivity contribution is 0.0956. The van der Waals surface area contributed by atoms with Crippen LogP contribution in [0.2, 0.25) is 10.0 Å². The van der Waals surface area contributed by atoms with Gasteiger partial charge in [0.15, 0.2) is 0 Å². The van der Waals surface area contributed by atoms with Crippen LogP contribution >= 0.6 is 23.2 Å². The van der Waals surface area contributed by atoms with Crippen molar-refractivity contribution in [2.75, 3.05) is 5.32 Å². The minimum atomic E-state index is -0.667. The minimum Gasteiger partial charge on any atom is -0.321 e. The van der Waals surface area contributed by atoms with E-state index in [2.05, 4.69) is 15.8 Å². The van der Waals surface area contributed by atoms with E-state index in [4.69, 9.17) is 23.2 Å². The molecule has 0 fully saturated rings. The van der Waals surface area contributed by atoms with Gasteiger partial charge < -0.3 is 5.32 Å². The number of para-hydroxylation sites is 1. The fraction of sp³-hybridized carbons (Fsp3) is 0. The van der Waals surface area contributed by atoms with Crippen molar-refractivity contribution in [3.05, 3.63) is 99.3 Å². The zero-order chi connectivity index (χ0) is 20.8. The van der Waals surface area contributed by atoms with Gasteiger partial charge in [0.25, 0.3) is 11.8 Å². The number of nitrogens with one attached hydrogen (secondary N) is 2. The van der Waals surface area contributed by atoms with Crippen molar-refractivity contribution in [1.29, 1.82) is 0 Å². The summed E-state index contributed by atoms with van der Waals surface area (Å²) in [5, 5.41) is 7.29. The van der Waals surface area contributed by atoms with Crippen LogP contribution in [0.5, 0.6) is 0 Å². The molecule has 5 nitrogen and oxygen atoms in total. The van der Waals surface area contributed by atoms with Crippen LogP contribution in [0.3, 0.4) is 0 Å². The molecule has 2 amide bonds. The van der Waals surface area contributed by atoms with Crippen LogP contribution in [0.15, 0.2) is 71.8 Å². The maximum Gasteiger partial charge on any atom is 0.273 e. The highest BCUT2D eigenvalue weighted by molar-refractivity contribution is 6.36. The fourth-order valence-electron chi connectivity index (χ4n) is 2.45. The molecule has 2 N–H and O–H groups in total. The van der Waals surface area contributed by atoms with Gasteiger partial charge in [0.1, 0.15) is 5.82 Å². The first-order valence-corrected chi connectivity index (χ1v) is 9.14. The lowest BCUT2D eigenvalue weighted by Crippen LogP contribution is -2.21. The first kappa shape index (κ1) is 20.5. The van der Waals surface area contributed by atoms with E-state index < -0.39 is 17.6 Å². The molecular weight excluding hydrogens is 416 g/mol. The summed E-state index contributed by atoms with van der Waals surface area (Å²) in [7, 11) is 0. The van der Waals surface area contributed by atoms with Gasteiger partial charge in [-0.25, -0.2) is 9.82 Å². The molecule has 0 heterocycles. The Kier molecular flexibility index (Phi) is 6.59. The predicted molar refractivity (Wildman–Crippen MR) is 112 cm³/mol. The molecule has 0 bridgehead atoms. The van der Waals surface area contributed by atoms with Crippen LogP contribution in [0.1, 0.15) is 26.3 Å². The summed E-state index contributed by atoms with van der Waals surface area (Å²) in [5.41, 5.74) is 3.19. The second kappa shape index (κ2) is 9.32. The zero-order valence-electron chi connectivity index (χ0n) is 14.8. The van der Waals surface area contributed by atoms with E-state index >= 15 is 0 Å². The number of benzene rings is 3. The van der Waals surface area contributed by atoms with Crippen molar-refractivity contribution in [2.24, 2.45) is 5.10 Å². The third-order valence-electron chi connectivity index (χ3n) is 3.87. The van der Waals surface area contributed by atoms with Crippen LogP contribution in [0.25, 0.3) is 0 Å². The van der Waals surface area contributed by atoms with Crippen molar-refractivity contribution < 1.29 is 14.0 Å². The van der Waals surface area contributed by atoms with Crippen LogP contribution in [-0.4, -0.2) is 18.0 Å². The molecule has 0 aliphatic heterocycles. The summed E-state index contributed by atoms with van der Waals surface area (Å²) < 4.78 is 13.8. The normalized spacial score (nSPS) is 10.7. The van der Waals surface area contributed by atoms with Crippen LogP contribution in [0, 0.1) is 5.82 Å². The molecule has 0 aliphatic carbocycles. The molecule has 29 heavy (non-hydrogen) atoms. The molecule has 0 aliphatic rings. The SMILES string of the molecule is O=C(Nc1ccccc1C(=O)N/N=C\c1ccc(Cl)cc1Cl)c1ccccc1F. The first-order valence-electron chi connectivity index (χ1n) is 8.39. The van der Waals surface area contributed by atoms with Crippen LogP contribution < -0.4 is 10.7 Å². The van der Waals surface area contributed by atoms with E-state index in [1.54, 1.807) is 36.4 Å². The summed E-state index contributed by atoms with van der Waals surface area (Å²) in [6.45, 7) is 0. The van der Waals surface area contributed by atoms with Crippen molar-refractivity contribution in [3.63, 3.8) is 0 Å². The number of carbonyl (C=O) groups is 2. The second-order valence-corrected chi connectivity index (χ2v) is 6.69. The van der Waals surface area contributed by atoms with E-state index in [1.165, 1.54) is 36.5 Å². The second-order valence-electron chi connectivity index (χ2n) is 5.84. The Hall–Kier alpha value is -3.22. The molecule has 0 atom stereocenters. The van der Waals surface area contributed by atoms with E-state index in [1.807, 2.05) is 0 Å². The molecule has 3 aromatic carbocycles. The molecule has 8 heteroatoms. The average Bonchev–Trinajstić information content (AvgIpc) is 2.70. The van der Waals surface area contributed by atoms with E-state index in [-0.39, 0.29) is 16.8 Å². The molecule has 0 saturated carbocycles. The van der Waals surface area contributed by atoms with Crippen LogP contribution in [-0.2, 0) is 0 Å². The van der Waals surface area contributed by atoms with Crippen molar-refractivity contribution in [2.45, 2.75) is 0 Å². The molecule has 0 aromatic heterocycles. The van der Waals surface area contributed by atoms with Gasteiger partial charge in [0.2, 0.25) is 0 Å². The van der Waals surface area contributed by atoms with Gasteiger partial charge in [0, 0.05) is 10.6 Å². The smallest absolute Gasteiger partial charge is 0.273 e. The van der Waals surface area contributed by atoms with Gasteiger partial charge in [-0.2, -0.15) is 5.10 Å². The van der Waals surface area contributed by atoms with Gasteiger partial charge in [-0.05, 0) is 36.4 Å². The maximum absolute atomic E-state index is 13.8. The number of nitrogens with zero attached hydrogens (tertiary/aromatic N) is 1. The van der Waals surface area contributed by atoms with Crippen molar-refractivity contribution in [1.82, 2.24) is 5.43 Å². The lowest BCUT2D eigenvalue weighted by atomic mass is 10.1. The van der Waals surface area contributed by atoms with E-state index in [9.17, 15) is 14.0 Å². The van der Waals surface area contributed by atoms with Gasteiger partial charge >= 0.3 is 0 Å². The van der Waals surface area contributed by atoms with E-state index in [0.717, 1.165) is 0 Å². The Morgan fingerprint density at radius 1 is 0.897 bits per heavy atom. The average molecular weight is 430 g/mol. The fourth-order valence-corrected chi connectivity index (χ4v) is 2.91. The van der Waals surface area contributed by atoms with Gasteiger partial charge in [-0.3, -0.25) is 9.59 Å². The standard InChI is InChI=1S/C21H14Cl2FN3O2/c22-14-10-9-13(17(23)11-14)12-25-27-21(29)16-6-2-4-8-19(16)26-20(28)15-5-1-3-7-18(15)24/h1-12H,(H,26,28)(H,27,29)/b25-12-. The number of rotatable bonds is 5. The molecule has 0 saturated heterocycles. The number of hydrogen-bond acceptors (Lipinski definition) is 3. The highest BCUT2D eigenvalue weighted by Gasteiger charge is 2.15. The maximum atomic E-state index is 13.8. The highest BCUT2D eigenvalue weighted by atomic mass is 35.5. The molecular formula is C21H14Cl2FN3O2. The third kappa shape index (κ3) is 5.19. The Morgan fingerprint density at radius 3 is 2.31 bits per heavy atom. The Labute approximate surface area is 176 Å². The van der Waals surface area contributed by atoms with Gasteiger partial charge in [-0.1, -0.05) is 53.5 Å². The molecule has 0 spiro atoms. The molecule has 3 rings (SSSR count). The number of amides is 2. The minimum absolute atomic E-state index is 0.127. The topological polar surface area (TPSA) is 70.6 Å². The number of hydrazone groups is 1. The lowest BCUT2D eigenvalue weighted by Gasteiger charge is -2.10. The van der Waals surface area contributed by atoms with Crippen molar-refractivity contribution in [3.8, 4) is 0 Å². The number of anilines is 1. The Bertz CT molecular complexity index is 1100. The summed E-state index contributed by atoms with van der Waals surface area (Å²) in [6.07, 6.45) is 1.37. The largest absolute Gasteiger partial charge is 0.321 e. The number of carbonyl (C=O) groups excluding carboxylic acids is 2. The Balaban J connectivity index is 1.74. The summed E-state index contributed by atoms with van der Waals surface area (Å²) in [5.74, 6) is -1.88. The van der Waals surface area contributed by atoms with Gasteiger partial charge in [-0.15, -0.1) is 0 Å². The van der Waals surface area contributed by atoms with E-state index in [0.29, 0.717) is 15.6 Å². The van der Waals surface area contributed by atoms with Gasteiger partial charge in [0.05, 0.1) is 28.1 Å². The van der Waals surface area contributed by atoms with Crippen LogP contribution in [0.4, 0.5) is 10.1 Å².